The highest BCUT2D eigenvalue weighted by Crippen LogP contribution is 2.19. The summed E-state index contributed by atoms with van der Waals surface area (Å²) in [5.74, 6) is -2.94. The van der Waals surface area contributed by atoms with E-state index in [1.54, 1.807) is 6.20 Å². The number of aromatic nitrogens is 1. The van der Waals surface area contributed by atoms with Crippen molar-refractivity contribution >= 4 is 59.0 Å². The fourth-order valence-electron chi connectivity index (χ4n) is 3.31. The summed E-state index contributed by atoms with van der Waals surface area (Å²) in [4.78, 5) is 52.6. The van der Waals surface area contributed by atoms with Crippen molar-refractivity contribution in [2.24, 2.45) is 5.73 Å². The number of thiol groups is 1. The molecule has 0 aliphatic rings. The number of carbonyl (C=O) groups excluding carboxylic acids is 3. The van der Waals surface area contributed by atoms with Crippen LogP contribution in [0.25, 0.3) is 10.9 Å². The van der Waals surface area contributed by atoms with Gasteiger partial charge in [-0.15, -0.1) is 0 Å². The van der Waals surface area contributed by atoms with Crippen LogP contribution < -0.4 is 21.7 Å². The normalized spacial score (nSPS) is 14.5. The van der Waals surface area contributed by atoms with Crippen LogP contribution in [0.15, 0.2) is 30.5 Å². The number of amides is 3. The molecule has 0 saturated heterocycles. The number of rotatable bonds is 14. The van der Waals surface area contributed by atoms with E-state index >= 15 is 0 Å². The van der Waals surface area contributed by atoms with Crippen LogP contribution in [-0.2, 0) is 25.6 Å². The van der Waals surface area contributed by atoms with Crippen molar-refractivity contribution in [1.82, 2.24) is 20.9 Å². The van der Waals surface area contributed by atoms with Gasteiger partial charge in [-0.1, -0.05) is 18.2 Å². The zero-order valence-electron chi connectivity index (χ0n) is 19.2. The number of hydrogen-bond acceptors (Lipinski definition) is 8. The van der Waals surface area contributed by atoms with Gasteiger partial charge >= 0.3 is 5.97 Å². The Morgan fingerprint density at radius 3 is 2.31 bits per heavy atom. The molecule has 192 valence electrons. The minimum atomic E-state index is -1.35. The van der Waals surface area contributed by atoms with E-state index in [0.717, 1.165) is 10.9 Å². The third kappa shape index (κ3) is 8.16. The Balaban J connectivity index is 2.21. The molecule has 3 amide bonds. The molecule has 8 N–H and O–H groups in total. The van der Waals surface area contributed by atoms with Gasteiger partial charge in [0.2, 0.25) is 17.7 Å². The van der Waals surface area contributed by atoms with E-state index in [1.807, 2.05) is 30.5 Å². The van der Waals surface area contributed by atoms with Gasteiger partial charge in [-0.2, -0.15) is 24.4 Å². The van der Waals surface area contributed by atoms with Crippen LogP contribution in [0, 0.1) is 0 Å². The minimum absolute atomic E-state index is 0.0276. The molecule has 1 heterocycles. The van der Waals surface area contributed by atoms with Crippen molar-refractivity contribution in [2.75, 3.05) is 24.4 Å². The highest BCUT2D eigenvalue weighted by atomic mass is 32.2. The number of aliphatic hydroxyl groups is 1. The second kappa shape index (κ2) is 14.0. The fourth-order valence-corrected chi connectivity index (χ4v) is 4.05. The van der Waals surface area contributed by atoms with Gasteiger partial charge in [0.25, 0.3) is 0 Å². The average Bonchev–Trinajstić information content (AvgIpc) is 3.25. The van der Waals surface area contributed by atoms with Crippen LogP contribution in [0.1, 0.15) is 12.0 Å². The lowest BCUT2D eigenvalue weighted by atomic mass is 10.0. The van der Waals surface area contributed by atoms with Crippen molar-refractivity contribution in [1.29, 1.82) is 0 Å². The van der Waals surface area contributed by atoms with Crippen LogP contribution in [0.5, 0.6) is 0 Å². The summed E-state index contributed by atoms with van der Waals surface area (Å²) in [5.41, 5.74) is 7.36. The molecule has 0 aliphatic heterocycles. The number of nitrogens with one attached hydrogen (secondary N) is 4. The molecule has 1 aromatic heterocycles. The summed E-state index contributed by atoms with van der Waals surface area (Å²) >= 11 is 5.47. The smallest absolute Gasteiger partial charge is 0.327 e. The number of hydrogen-bond donors (Lipinski definition) is 8. The van der Waals surface area contributed by atoms with E-state index in [0.29, 0.717) is 17.7 Å². The molecule has 4 unspecified atom stereocenters. The number of H-pyrrole nitrogens is 1. The monoisotopic (exact) mass is 525 g/mol. The van der Waals surface area contributed by atoms with Gasteiger partial charge in [0, 0.05) is 29.3 Å². The van der Waals surface area contributed by atoms with E-state index in [1.165, 1.54) is 11.8 Å². The van der Waals surface area contributed by atoms with Gasteiger partial charge in [-0.25, -0.2) is 4.79 Å². The molecule has 2 rings (SSSR count). The number of carboxylic acid groups (broad SMARTS) is 1. The van der Waals surface area contributed by atoms with Gasteiger partial charge in [0.15, 0.2) is 0 Å². The summed E-state index contributed by atoms with van der Waals surface area (Å²) in [6.07, 6.45) is 3.98. The number of nitrogens with two attached hydrogens (primary N) is 1. The summed E-state index contributed by atoms with van der Waals surface area (Å²) in [6.45, 7) is -0.720. The Labute approximate surface area is 212 Å². The number of carboxylic acids is 1. The summed E-state index contributed by atoms with van der Waals surface area (Å²) in [7, 11) is 0. The number of para-hydroxylation sites is 1. The zero-order valence-corrected chi connectivity index (χ0v) is 20.9. The Hall–Kier alpha value is -2.74. The first-order valence-electron chi connectivity index (χ1n) is 10.9. The SMILES string of the molecule is CSCCC(N)C(=O)NC(CO)C(=O)NC(Cc1c[nH]c2ccccc12)C(=O)NC(CS)C(=O)O. The first kappa shape index (κ1) is 28.5. The summed E-state index contributed by atoms with van der Waals surface area (Å²) in [5, 5.41) is 27.1. The van der Waals surface area contributed by atoms with Gasteiger partial charge in [-0.05, 0) is 30.1 Å². The van der Waals surface area contributed by atoms with Crippen molar-refractivity contribution in [3.63, 3.8) is 0 Å². The fraction of sp³-hybridized carbons (Fsp3) is 0.455. The highest BCUT2D eigenvalue weighted by molar-refractivity contribution is 7.98. The van der Waals surface area contributed by atoms with Gasteiger partial charge in [0.05, 0.1) is 12.6 Å². The molecular weight excluding hydrogens is 494 g/mol. The van der Waals surface area contributed by atoms with Crippen molar-refractivity contribution < 1.29 is 29.4 Å². The second-order valence-electron chi connectivity index (χ2n) is 7.84. The Bertz CT molecular complexity index is 1030. The van der Waals surface area contributed by atoms with Gasteiger partial charge in [0.1, 0.15) is 18.1 Å². The van der Waals surface area contributed by atoms with Gasteiger partial charge < -0.3 is 36.9 Å². The van der Waals surface area contributed by atoms with Crippen LogP contribution in [0.3, 0.4) is 0 Å². The van der Waals surface area contributed by atoms with Crippen LogP contribution in [-0.4, -0.2) is 87.4 Å². The molecule has 1 aromatic carbocycles. The van der Waals surface area contributed by atoms with E-state index < -0.39 is 54.5 Å². The molecule has 11 nitrogen and oxygen atoms in total. The molecule has 2 aromatic rings. The molecule has 0 spiro atoms. The van der Waals surface area contributed by atoms with Crippen LogP contribution in [0.4, 0.5) is 0 Å². The number of aromatic amines is 1. The first-order valence-corrected chi connectivity index (χ1v) is 12.9. The molecule has 0 bridgehead atoms. The van der Waals surface area contributed by atoms with E-state index in [9.17, 15) is 29.4 Å². The third-order valence-corrected chi connectivity index (χ3v) is 6.32. The van der Waals surface area contributed by atoms with Crippen LogP contribution in [0.2, 0.25) is 0 Å². The van der Waals surface area contributed by atoms with E-state index in [4.69, 9.17) is 5.73 Å². The largest absolute Gasteiger partial charge is 0.480 e. The maximum absolute atomic E-state index is 13.0. The number of aliphatic hydroxyl groups excluding tert-OH is 1. The van der Waals surface area contributed by atoms with E-state index in [-0.39, 0.29) is 12.2 Å². The van der Waals surface area contributed by atoms with E-state index in [2.05, 4.69) is 33.6 Å². The predicted octanol–water partition coefficient (Wildman–Crippen LogP) is -0.748. The number of benzene rings is 1. The van der Waals surface area contributed by atoms with Crippen LogP contribution >= 0.6 is 24.4 Å². The minimum Gasteiger partial charge on any atom is -0.480 e. The predicted molar refractivity (Wildman–Crippen MR) is 137 cm³/mol. The maximum Gasteiger partial charge on any atom is 0.327 e. The van der Waals surface area contributed by atoms with Gasteiger partial charge in [-0.3, -0.25) is 14.4 Å². The molecule has 0 fully saturated rings. The summed E-state index contributed by atoms with van der Waals surface area (Å²) in [6, 6.07) is 2.70. The van der Waals surface area contributed by atoms with Crippen molar-refractivity contribution in [3.8, 4) is 0 Å². The first-order chi connectivity index (χ1) is 16.7. The number of carbonyl (C=O) groups is 4. The Kier molecular flexibility index (Phi) is 11.4. The van der Waals surface area contributed by atoms with Crippen molar-refractivity contribution in [2.45, 2.75) is 37.0 Å². The number of aliphatic carboxylic acids is 1. The lowest BCUT2D eigenvalue weighted by Gasteiger charge is -2.24. The molecule has 0 saturated carbocycles. The Morgan fingerprint density at radius 2 is 1.69 bits per heavy atom. The summed E-state index contributed by atoms with van der Waals surface area (Å²) < 4.78 is 0. The molecular formula is C22H31N5O6S2. The zero-order chi connectivity index (χ0) is 26.0. The maximum atomic E-state index is 13.0. The quantitative estimate of drug-likeness (QED) is 0.148. The van der Waals surface area contributed by atoms with Crippen molar-refractivity contribution in [3.05, 3.63) is 36.0 Å². The second-order valence-corrected chi connectivity index (χ2v) is 9.19. The molecule has 0 aliphatic carbocycles. The molecule has 4 atom stereocenters. The molecule has 13 heteroatoms. The standard InChI is InChI=1S/C22H31N5O6S2/c1-35-7-6-14(23)19(29)26-17(10-28)21(31)25-16(20(30)27-18(11-34)22(32)33)8-12-9-24-15-5-3-2-4-13(12)15/h2-5,9,14,16-18,24,28,34H,6-8,10-11,23H2,1H3,(H,25,31)(H,26,29)(H,27,30)(H,32,33). The average molecular weight is 526 g/mol. The lowest BCUT2D eigenvalue weighted by Crippen LogP contribution is -2.58. The Morgan fingerprint density at radius 1 is 1.06 bits per heavy atom. The molecule has 0 radical (unpaired) electrons. The molecule has 35 heavy (non-hydrogen) atoms. The topological polar surface area (TPSA) is 187 Å². The number of thioether (sulfide) groups is 1. The highest BCUT2D eigenvalue weighted by Gasteiger charge is 2.30. The lowest BCUT2D eigenvalue weighted by molar-refractivity contribution is -0.141. The number of fused-ring (bicyclic) bond motifs is 1. The third-order valence-electron chi connectivity index (χ3n) is 5.31.